The average molecular weight is 684 g/mol. The number of fused-ring (bicyclic) bond motifs is 4. The van der Waals surface area contributed by atoms with E-state index in [0.717, 1.165) is 45.2 Å². The Bertz CT molecular complexity index is 2410. The van der Waals surface area contributed by atoms with Gasteiger partial charge in [-0.1, -0.05) is 0 Å². The maximum atomic E-state index is 16.0. The van der Waals surface area contributed by atoms with Crippen LogP contribution in [0.2, 0.25) is 0 Å². The summed E-state index contributed by atoms with van der Waals surface area (Å²) in [7, 11) is 2.09. The van der Waals surface area contributed by atoms with Crippen LogP contribution in [0.15, 0.2) is 56.2 Å². The minimum atomic E-state index is -0.658. The molecule has 0 radical (unpaired) electrons. The minimum Gasteiger partial charge on any atom is -0.453 e. The lowest BCUT2D eigenvalue weighted by atomic mass is 10.1. The summed E-state index contributed by atoms with van der Waals surface area (Å²) in [5.41, 5.74) is 2.18. The van der Waals surface area contributed by atoms with Gasteiger partial charge in [-0.25, -0.2) is 4.39 Å². The third-order valence-electron chi connectivity index (χ3n) is 10.5. The van der Waals surface area contributed by atoms with Crippen molar-refractivity contribution in [2.45, 2.75) is 51.1 Å². The number of aromatic amines is 1. The lowest BCUT2D eigenvalue weighted by Gasteiger charge is -2.21. The predicted octanol–water partition coefficient (Wildman–Crippen LogP) is 6.15. The Kier molecular flexibility index (Phi) is 8.07. The average Bonchev–Trinajstić information content (AvgIpc) is 3.71. The van der Waals surface area contributed by atoms with Crippen LogP contribution in [0.1, 0.15) is 49.4 Å². The van der Waals surface area contributed by atoms with E-state index in [4.69, 9.17) is 8.83 Å². The van der Waals surface area contributed by atoms with Gasteiger partial charge in [0.15, 0.2) is 28.1 Å². The Morgan fingerprint density at radius 1 is 1.06 bits per heavy atom. The highest BCUT2D eigenvalue weighted by Crippen LogP contribution is 2.36. The Hall–Kier alpha value is -5.21. The van der Waals surface area contributed by atoms with E-state index in [1.807, 2.05) is 0 Å². The summed E-state index contributed by atoms with van der Waals surface area (Å²) in [6.07, 6.45) is 6.70. The van der Waals surface area contributed by atoms with Gasteiger partial charge in [0, 0.05) is 56.1 Å². The molecule has 2 saturated heterocycles. The highest BCUT2D eigenvalue weighted by Gasteiger charge is 2.26. The van der Waals surface area contributed by atoms with Crippen LogP contribution in [0.5, 0.6) is 0 Å². The summed E-state index contributed by atoms with van der Waals surface area (Å²) >= 11 is 0. The van der Waals surface area contributed by atoms with Gasteiger partial charge in [0.05, 0.1) is 32.9 Å². The second kappa shape index (κ2) is 12.6. The zero-order valence-corrected chi connectivity index (χ0v) is 27.9. The van der Waals surface area contributed by atoms with Gasteiger partial charge >= 0.3 is 0 Å². The van der Waals surface area contributed by atoms with Gasteiger partial charge in [0.1, 0.15) is 16.8 Å². The van der Waals surface area contributed by atoms with Crippen molar-refractivity contribution in [1.82, 2.24) is 24.5 Å². The molecule has 0 aliphatic carbocycles. The SMILES string of the molecule is CC1CCCN1CCNC(=O)c1cn2c3cc4oc5cc([N+](=O)[O-])ccc5[nH]c4cc3oc3c(NCCC4CCCN4C)c(F)cc(c1=O)c32. The number of nitro benzene ring substituents is 1. The molecule has 2 fully saturated rings. The van der Waals surface area contributed by atoms with Crippen LogP contribution in [0.3, 0.4) is 0 Å². The molecule has 3 N–H and O–H groups in total. The number of non-ortho nitro benzene ring substituents is 1. The summed E-state index contributed by atoms with van der Waals surface area (Å²) in [6.45, 7) is 5.66. The highest BCUT2D eigenvalue weighted by atomic mass is 19.1. The maximum Gasteiger partial charge on any atom is 0.273 e. The number of benzene rings is 3. The quantitative estimate of drug-likeness (QED) is 0.0705. The lowest BCUT2D eigenvalue weighted by molar-refractivity contribution is -0.384. The number of anilines is 1. The van der Waals surface area contributed by atoms with Gasteiger partial charge in [-0.2, -0.15) is 0 Å². The number of carbonyl (C=O) groups excluding carboxylic acids is 1. The largest absolute Gasteiger partial charge is 0.453 e. The van der Waals surface area contributed by atoms with Crippen LogP contribution < -0.4 is 16.1 Å². The molecule has 2 aliphatic heterocycles. The van der Waals surface area contributed by atoms with Crippen molar-refractivity contribution in [3.63, 3.8) is 0 Å². The number of nitro groups is 1. The number of rotatable bonds is 9. The first-order chi connectivity index (χ1) is 24.2. The number of likely N-dealkylation sites (tertiary alicyclic amines) is 2. The first kappa shape index (κ1) is 32.0. The van der Waals surface area contributed by atoms with Crippen LogP contribution in [-0.2, 0) is 0 Å². The summed E-state index contributed by atoms with van der Waals surface area (Å²) in [5.74, 6) is -1.21. The molecule has 50 heavy (non-hydrogen) atoms. The number of H-pyrrole nitrogens is 1. The van der Waals surface area contributed by atoms with E-state index in [0.29, 0.717) is 65.0 Å². The molecule has 14 heteroatoms. The molecule has 1 amide bonds. The number of hydrogen-bond donors (Lipinski definition) is 3. The monoisotopic (exact) mass is 683 g/mol. The lowest BCUT2D eigenvalue weighted by Crippen LogP contribution is -2.38. The molecule has 260 valence electrons. The molecule has 5 heterocycles. The Balaban J connectivity index is 1.28. The summed E-state index contributed by atoms with van der Waals surface area (Å²) < 4.78 is 30.3. The van der Waals surface area contributed by atoms with E-state index in [2.05, 4.69) is 39.4 Å². The number of aromatic nitrogens is 2. The van der Waals surface area contributed by atoms with Crippen molar-refractivity contribution in [2.24, 2.45) is 0 Å². The summed E-state index contributed by atoms with van der Waals surface area (Å²) in [4.78, 5) is 46.3. The van der Waals surface area contributed by atoms with Crippen LogP contribution >= 0.6 is 0 Å². The molecular weight excluding hydrogens is 645 g/mol. The summed E-state index contributed by atoms with van der Waals surface area (Å²) in [6, 6.07) is 9.64. The van der Waals surface area contributed by atoms with Gasteiger partial charge in [0.25, 0.3) is 11.6 Å². The molecule has 2 unspecified atom stereocenters. The molecule has 0 saturated carbocycles. The molecule has 8 rings (SSSR count). The molecule has 13 nitrogen and oxygen atoms in total. The number of pyridine rings is 1. The zero-order chi connectivity index (χ0) is 34.7. The van der Waals surface area contributed by atoms with Gasteiger partial charge in [-0.15, -0.1) is 0 Å². The molecule has 0 spiro atoms. The van der Waals surface area contributed by atoms with Crippen LogP contribution in [0, 0.1) is 15.9 Å². The molecule has 0 bridgehead atoms. The van der Waals surface area contributed by atoms with Gasteiger partial charge < -0.3 is 33.8 Å². The number of hydrogen-bond acceptors (Lipinski definition) is 9. The fourth-order valence-electron chi connectivity index (χ4n) is 7.67. The molecule has 3 aromatic carbocycles. The van der Waals surface area contributed by atoms with E-state index in [9.17, 15) is 19.7 Å². The predicted molar refractivity (Wildman–Crippen MR) is 189 cm³/mol. The van der Waals surface area contributed by atoms with Crippen LogP contribution in [-0.4, -0.2) is 81.9 Å². The number of carbonyl (C=O) groups is 1. The Morgan fingerprint density at radius 3 is 2.64 bits per heavy atom. The standard InChI is InChI=1S/C36H38FN7O6/c1-20-5-3-13-42(20)14-11-39-36(46)24-19-43-28-18-30-27(40-26-8-7-22(44(47)48)15-29(26)49-30)17-31(28)50-35-32(25(37)16-23(33(35)43)34(24)45)38-10-9-21-6-4-12-41(21)2/h7-8,15-21,38,40H,3-6,9-14H2,1-2H3,(H,39,46). The summed E-state index contributed by atoms with van der Waals surface area (Å²) in [5, 5.41) is 17.6. The molecular formula is C36H38FN7O6. The molecule has 6 aromatic rings. The fraction of sp³-hybridized carbons (Fsp3) is 0.389. The van der Waals surface area contributed by atoms with Crippen molar-refractivity contribution in [3.8, 4) is 0 Å². The van der Waals surface area contributed by atoms with E-state index in [1.165, 1.54) is 24.4 Å². The van der Waals surface area contributed by atoms with E-state index in [1.54, 1.807) is 22.6 Å². The Morgan fingerprint density at radius 2 is 1.88 bits per heavy atom. The topological polar surface area (TPSA) is 154 Å². The highest BCUT2D eigenvalue weighted by molar-refractivity contribution is 6.07. The fourth-order valence-corrected chi connectivity index (χ4v) is 7.67. The van der Waals surface area contributed by atoms with E-state index >= 15 is 4.39 Å². The van der Waals surface area contributed by atoms with Crippen LogP contribution in [0.25, 0.3) is 49.8 Å². The van der Waals surface area contributed by atoms with Crippen molar-refractivity contribution >= 4 is 67.1 Å². The van der Waals surface area contributed by atoms with E-state index in [-0.39, 0.29) is 33.5 Å². The van der Waals surface area contributed by atoms with Gasteiger partial charge in [-0.3, -0.25) is 24.6 Å². The number of halogens is 1. The second-order valence-corrected chi connectivity index (χ2v) is 13.6. The first-order valence-corrected chi connectivity index (χ1v) is 17.1. The third-order valence-corrected chi connectivity index (χ3v) is 10.5. The normalized spacial score (nSPS) is 18.7. The first-order valence-electron chi connectivity index (χ1n) is 17.1. The maximum absolute atomic E-state index is 16.0. The molecule has 2 aliphatic rings. The third kappa shape index (κ3) is 5.57. The number of amides is 1. The van der Waals surface area contributed by atoms with Crippen molar-refractivity contribution < 1.29 is 22.9 Å². The zero-order valence-electron chi connectivity index (χ0n) is 27.9. The van der Waals surface area contributed by atoms with Crippen molar-refractivity contribution in [2.75, 3.05) is 45.1 Å². The number of nitrogens with one attached hydrogen (secondary N) is 3. The van der Waals surface area contributed by atoms with Crippen molar-refractivity contribution in [1.29, 1.82) is 0 Å². The van der Waals surface area contributed by atoms with Crippen LogP contribution in [0.4, 0.5) is 15.8 Å². The van der Waals surface area contributed by atoms with Gasteiger partial charge in [-0.05, 0) is 71.3 Å². The smallest absolute Gasteiger partial charge is 0.273 e. The molecule has 2 atom stereocenters. The second-order valence-electron chi connectivity index (χ2n) is 13.6. The van der Waals surface area contributed by atoms with Gasteiger partial charge in [0.2, 0.25) is 5.43 Å². The Labute approximate surface area is 284 Å². The minimum absolute atomic E-state index is 0.00257. The van der Waals surface area contributed by atoms with Crippen molar-refractivity contribution in [3.05, 3.63) is 74.3 Å². The number of nitrogens with zero attached hydrogens (tertiary/aromatic N) is 4. The van der Waals surface area contributed by atoms with E-state index < -0.39 is 22.1 Å². The molecule has 3 aromatic heterocycles.